The van der Waals surface area contributed by atoms with E-state index in [2.05, 4.69) is 5.32 Å². The van der Waals surface area contributed by atoms with E-state index in [1.807, 2.05) is 19.0 Å². The van der Waals surface area contributed by atoms with Crippen LogP contribution in [-0.4, -0.2) is 38.0 Å². The minimum absolute atomic E-state index is 0.385. The summed E-state index contributed by atoms with van der Waals surface area (Å²) in [4.78, 5) is 13.3. The molecule has 0 aliphatic heterocycles. The lowest BCUT2D eigenvalue weighted by Gasteiger charge is -2.11. The molecule has 0 radical (unpaired) electrons. The first kappa shape index (κ1) is 14.5. The van der Waals surface area contributed by atoms with Gasteiger partial charge in [-0.15, -0.1) is 0 Å². The molecule has 0 aromatic heterocycles. The fourth-order valence-corrected chi connectivity index (χ4v) is 1.38. The van der Waals surface area contributed by atoms with Crippen LogP contribution in [0.3, 0.4) is 0 Å². The molecule has 0 aliphatic carbocycles. The minimum Gasteiger partial charge on any atom is -0.355 e. The molecule has 0 spiro atoms. The highest BCUT2D eigenvalue weighted by molar-refractivity contribution is 5.78. The zero-order valence-electron chi connectivity index (χ0n) is 10.3. The van der Waals surface area contributed by atoms with Crippen molar-refractivity contribution in [2.45, 2.75) is 6.42 Å². The Morgan fingerprint density at radius 1 is 1.22 bits per heavy atom. The maximum absolute atomic E-state index is 13.3. The highest BCUT2D eigenvalue weighted by Crippen LogP contribution is 2.15. The maximum atomic E-state index is 13.3. The number of hydrogen-bond acceptors (Lipinski definition) is 2. The molecule has 1 rings (SSSR count). The van der Waals surface area contributed by atoms with Gasteiger partial charge in [0, 0.05) is 30.8 Å². The van der Waals surface area contributed by atoms with Crippen molar-refractivity contribution in [1.82, 2.24) is 10.2 Å². The molecule has 1 amide bonds. The molecule has 0 saturated heterocycles. The van der Waals surface area contributed by atoms with Gasteiger partial charge in [-0.3, -0.25) is 4.79 Å². The van der Waals surface area contributed by atoms with Crippen LogP contribution in [0.2, 0.25) is 0 Å². The summed E-state index contributed by atoms with van der Waals surface area (Å²) >= 11 is 0. The lowest BCUT2D eigenvalue weighted by molar-refractivity contribution is -0.120. The molecule has 0 atom stereocenters. The van der Waals surface area contributed by atoms with Gasteiger partial charge in [0.2, 0.25) is 5.91 Å². The van der Waals surface area contributed by atoms with E-state index in [-0.39, 0.29) is 0 Å². The maximum Gasteiger partial charge on any atom is 0.224 e. The summed E-state index contributed by atoms with van der Waals surface area (Å²) in [5.41, 5.74) is -0.418. The Kier molecular flexibility index (Phi) is 5.15. The van der Waals surface area contributed by atoms with Gasteiger partial charge in [-0.2, -0.15) is 0 Å². The van der Waals surface area contributed by atoms with Crippen LogP contribution in [0.15, 0.2) is 12.1 Å². The Bertz CT molecular complexity index is 412. The number of halogens is 3. The molecule has 100 valence electrons. The quantitative estimate of drug-likeness (QED) is 0.866. The normalized spacial score (nSPS) is 10.8. The number of amides is 1. The molecule has 18 heavy (non-hydrogen) atoms. The first-order chi connectivity index (χ1) is 8.40. The molecule has 3 nitrogen and oxygen atoms in total. The van der Waals surface area contributed by atoms with Crippen molar-refractivity contribution in [3.8, 4) is 0 Å². The predicted octanol–water partition coefficient (Wildman–Crippen LogP) is 1.32. The van der Waals surface area contributed by atoms with Crippen molar-refractivity contribution in [2.24, 2.45) is 0 Å². The van der Waals surface area contributed by atoms with E-state index in [1.54, 1.807) is 0 Å². The number of hydrogen-bond donors (Lipinski definition) is 1. The van der Waals surface area contributed by atoms with E-state index in [4.69, 9.17) is 0 Å². The molecule has 1 N–H and O–H groups in total. The van der Waals surface area contributed by atoms with Crippen LogP contribution in [0, 0.1) is 17.5 Å². The van der Waals surface area contributed by atoms with Gasteiger partial charge in [0.1, 0.15) is 17.5 Å². The lowest BCUT2D eigenvalue weighted by Crippen LogP contribution is -2.32. The fourth-order valence-electron chi connectivity index (χ4n) is 1.38. The average molecular weight is 260 g/mol. The van der Waals surface area contributed by atoms with Crippen LogP contribution >= 0.6 is 0 Å². The van der Waals surface area contributed by atoms with Crippen molar-refractivity contribution in [3.63, 3.8) is 0 Å². The zero-order chi connectivity index (χ0) is 13.7. The Hall–Kier alpha value is -1.56. The molecular weight excluding hydrogens is 245 g/mol. The Balaban J connectivity index is 2.59. The monoisotopic (exact) mass is 260 g/mol. The number of likely N-dealkylation sites (N-methyl/N-ethyl adjacent to an activating group) is 1. The van der Waals surface area contributed by atoms with Gasteiger partial charge in [-0.05, 0) is 14.1 Å². The van der Waals surface area contributed by atoms with Gasteiger partial charge in [0.15, 0.2) is 0 Å². The van der Waals surface area contributed by atoms with Crippen molar-refractivity contribution in [1.29, 1.82) is 0 Å². The minimum atomic E-state index is -1.05. The molecule has 1 aromatic rings. The van der Waals surface area contributed by atoms with E-state index in [0.29, 0.717) is 25.2 Å². The number of carbonyl (C=O) groups is 1. The van der Waals surface area contributed by atoms with E-state index in [1.165, 1.54) is 0 Å². The van der Waals surface area contributed by atoms with Crippen LogP contribution in [0.5, 0.6) is 0 Å². The molecule has 0 heterocycles. The van der Waals surface area contributed by atoms with Crippen LogP contribution in [-0.2, 0) is 11.2 Å². The lowest BCUT2D eigenvalue weighted by atomic mass is 10.1. The molecular formula is C12H15F3N2O. The van der Waals surface area contributed by atoms with Gasteiger partial charge in [-0.1, -0.05) is 0 Å². The molecule has 1 aromatic carbocycles. The zero-order valence-corrected chi connectivity index (χ0v) is 10.3. The second-order valence-corrected chi connectivity index (χ2v) is 4.18. The highest BCUT2D eigenvalue weighted by atomic mass is 19.1. The topological polar surface area (TPSA) is 32.3 Å². The first-order valence-corrected chi connectivity index (χ1v) is 5.45. The first-order valence-electron chi connectivity index (χ1n) is 5.45. The third-order valence-electron chi connectivity index (χ3n) is 2.32. The number of nitrogens with zero attached hydrogens (tertiary/aromatic N) is 1. The van der Waals surface area contributed by atoms with Crippen LogP contribution in [0.25, 0.3) is 0 Å². The van der Waals surface area contributed by atoms with Crippen molar-refractivity contribution in [3.05, 3.63) is 35.1 Å². The van der Waals surface area contributed by atoms with Crippen molar-refractivity contribution >= 4 is 5.91 Å². The van der Waals surface area contributed by atoms with Gasteiger partial charge < -0.3 is 10.2 Å². The average Bonchev–Trinajstić information content (AvgIpc) is 2.22. The summed E-state index contributed by atoms with van der Waals surface area (Å²) in [6.45, 7) is 1.01. The third-order valence-corrected chi connectivity index (χ3v) is 2.32. The predicted molar refractivity (Wildman–Crippen MR) is 61.6 cm³/mol. The fraction of sp³-hybridized carbons (Fsp3) is 0.417. The summed E-state index contributed by atoms with van der Waals surface area (Å²) in [6.07, 6.45) is -0.439. The Morgan fingerprint density at radius 2 is 1.78 bits per heavy atom. The van der Waals surface area contributed by atoms with E-state index in [0.717, 1.165) is 0 Å². The summed E-state index contributed by atoms with van der Waals surface area (Å²) in [5.74, 6) is -3.59. The summed E-state index contributed by atoms with van der Waals surface area (Å²) < 4.78 is 39.2. The third kappa shape index (κ3) is 4.37. The molecule has 0 saturated carbocycles. The van der Waals surface area contributed by atoms with Crippen molar-refractivity contribution in [2.75, 3.05) is 27.2 Å². The largest absolute Gasteiger partial charge is 0.355 e. The van der Waals surface area contributed by atoms with Crippen LogP contribution in [0.4, 0.5) is 13.2 Å². The molecule has 0 unspecified atom stereocenters. The Labute approximate surface area is 104 Å². The van der Waals surface area contributed by atoms with Crippen LogP contribution in [0.1, 0.15) is 5.56 Å². The number of carbonyl (C=O) groups excluding carboxylic acids is 1. The highest BCUT2D eigenvalue weighted by Gasteiger charge is 2.14. The Morgan fingerprint density at radius 3 is 2.28 bits per heavy atom. The van der Waals surface area contributed by atoms with Gasteiger partial charge in [-0.25, -0.2) is 13.2 Å². The summed E-state index contributed by atoms with van der Waals surface area (Å²) in [6, 6.07) is 1.12. The van der Waals surface area contributed by atoms with Gasteiger partial charge in [0.25, 0.3) is 0 Å². The summed E-state index contributed by atoms with van der Waals surface area (Å²) in [5, 5.41) is 2.52. The number of benzene rings is 1. The molecule has 0 aliphatic rings. The number of nitrogens with one attached hydrogen (secondary N) is 1. The standard InChI is InChI=1S/C12H15F3N2O/c1-17(2)4-3-16-12(18)7-9-10(14)5-8(13)6-11(9)15/h5-6H,3-4,7H2,1-2H3,(H,16,18). The van der Waals surface area contributed by atoms with E-state index in [9.17, 15) is 18.0 Å². The van der Waals surface area contributed by atoms with Gasteiger partial charge >= 0.3 is 0 Å². The van der Waals surface area contributed by atoms with E-state index >= 15 is 0 Å². The second kappa shape index (κ2) is 6.39. The van der Waals surface area contributed by atoms with Crippen LogP contribution < -0.4 is 5.32 Å². The molecule has 0 bridgehead atoms. The SMILES string of the molecule is CN(C)CCNC(=O)Cc1c(F)cc(F)cc1F. The molecule has 0 fully saturated rings. The van der Waals surface area contributed by atoms with Crippen molar-refractivity contribution < 1.29 is 18.0 Å². The number of rotatable bonds is 5. The summed E-state index contributed by atoms with van der Waals surface area (Å²) in [7, 11) is 3.68. The van der Waals surface area contributed by atoms with Gasteiger partial charge in [0.05, 0.1) is 6.42 Å². The second-order valence-electron chi connectivity index (χ2n) is 4.18. The smallest absolute Gasteiger partial charge is 0.224 e. The molecule has 6 heteroatoms. The van der Waals surface area contributed by atoms with E-state index < -0.39 is 35.3 Å².